The molecule has 0 radical (unpaired) electrons. The van der Waals surface area contributed by atoms with E-state index in [2.05, 4.69) is 9.72 Å². The second-order valence-electron chi connectivity index (χ2n) is 2.68. The van der Waals surface area contributed by atoms with Crippen LogP contribution >= 0.6 is 0 Å². The highest BCUT2D eigenvalue weighted by molar-refractivity contribution is 5.93. The van der Waals surface area contributed by atoms with Gasteiger partial charge in [-0.05, 0) is 6.07 Å². The first-order chi connectivity index (χ1) is 6.74. The van der Waals surface area contributed by atoms with Crippen molar-refractivity contribution in [3.05, 3.63) is 23.6 Å². The van der Waals surface area contributed by atoms with Gasteiger partial charge in [0.05, 0.1) is 7.11 Å². The molecule has 0 bridgehead atoms. The Balaban J connectivity index is 2.50. The van der Waals surface area contributed by atoms with Crippen LogP contribution in [0.3, 0.4) is 0 Å². The number of furan rings is 1. The van der Waals surface area contributed by atoms with E-state index in [1.807, 2.05) is 6.07 Å². The van der Waals surface area contributed by atoms with E-state index in [0.717, 1.165) is 0 Å². The molecule has 0 aliphatic carbocycles. The molecule has 2 heterocycles. The molecule has 0 atom stereocenters. The number of nitrogens with one attached hydrogen (secondary N) is 1. The average Bonchev–Trinajstić information content (AvgIpc) is 2.72. The number of fused-ring (bicyclic) bond motifs is 1. The fraction of sp³-hybridized carbons (Fsp3) is 0.111. The van der Waals surface area contributed by atoms with E-state index < -0.39 is 5.97 Å². The van der Waals surface area contributed by atoms with Crippen molar-refractivity contribution in [1.29, 1.82) is 5.26 Å². The van der Waals surface area contributed by atoms with Crippen LogP contribution in [0.1, 0.15) is 16.2 Å². The van der Waals surface area contributed by atoms with Crippen molar-refractivity contribution >= 4 is 17.1 Å². The lowest BCUT2D eigenvalue weighted by Gasteiger charge is -1.91. The second-order valence-corrected chi connectivity index (χ2v) is 2.68. The minimum atomic E-state index is -0.463. The number of ether oxygens (including phenoxy) is 1. The number of aromatic amines is 1. The van der Waals surface area contributed by atoms with E-state index in [9.17, 15) is 4.79 Å². The zero-order valence-corrected chi connectivity index (χ0v) is 7.33. The molecule has 2 rings (SSSR count). The number of esters is 1. The topological polar surface area (TPSA) is 79.0 Å². The third kappa shape index (κ3) is 1.13. The molecule has 0 aromatic carbocycles. The van der Waals surface area contributed by atoms with Crippen molar-refractivity contribution < 1.29 is 13.9 Å². The van der Waals surface area contributed by atoms with E-state index in [-0.39, 0.29) is 5.76 Å². The molecule has 0 fully saturated rings. The summed E-state index contributed by atoms with van der Waals surface area (Å²) in [5.41, 5.74) is 0.715. The standard InChI is InChI=1S/C9H6N2O3/c1-13-9(12)7-3-5-2-6(4-10)14-8(5)11-7/h2-3,11H,1H3. The predicted octanol–water partition coefficient (Wildman–Crippen LogP) is 1.42. The fourth-order valence-corrected chi connectivity index (χ4v) is 1.20. The van der Waals surface area contributed by atoms with Gasteiger partial charge in [-0.15, -0.1) is 0 Å². The van der Waals surface area contributed by atoms with Crippen LogP contribution in [-0.2, 0) is 4.74 Å². The maximum Gasteiger partial charge on any atom is 0.354 e. The Morgan fingerprint density at radius 3 is 3.00 bits per heavy atom. The first-order valence-corrected chi connectivity index (χ1v) is 3.85. The molecule has 0 saturated carbocycles. The lowest BCUT2D eigenvalue weighted by atomic mass is 10.3. The summed E-state index contributed by atoms with van der Waals surface area (Å²) >= 11 is 0. The Hall–Kier alpha value is -2.22. The van der Waals surface area contributed by atoms with Gasteiger partial charge in [0.15, 0.2) is 0 Å². The van der Waals surface area contributed by atoms with Crippen LogP contribution in [0.15, 0.2) is 16.5 Å². The summed E-state index contributed by atoms with van der Waals surface area (Å²) in [5.74, 6) is -0.252. The van der Waals surface area contributed by atoms with Crippen molar-refractivity contribution in [2.24, 2.45) is 0 Å². The Morgan fingerprint density at radius 2 is 2.43 bits per heavy atom. The summed E-state index contributed by atoms with van der Waals surface area (Å²) in [6, 6.07) is 4.99. The van der Waals surface area contributed by atoms with Gasteiger partial charge in [-0.2, -0.15) is 5.26 Å². The van der Waals surface area contributed by atoms with Gasteiger partial charge in [0.2, 0.25) is 11.5 Å². The lowest BCUT2D eigenvalue weighted by Crippen LogP contribution is -2.00. The van der Waals surface area contributed by atoms with Crippen LogP contribution in [0, 0.1) is 11.3 Å². The maximum absolute atomic E-state index is 11.1. The maximum atomic E-state index is 11.1. The van der Waals surface area contributed by atoms with Gasteiger partial charge in [-0.3, -0.25) is 0 Å². The summed E-state index contributed by atoms with van der Waals surface area (Å²) in [4.78, 5) is 13.8. The highest BCUT2D eigenvalue weighted by Gasteiger charge is 2.12. The van der Waals surface area contributed by atoms with Gasteiger partial charge in [0, 0.05) is 11.5 Å². The molecule has 2 aromatic heterocycles. The Bertz CT molecular complexity index is 498. The van der Waals surface area contributed by atoms with Gasteiger partial charge in [-0.25, -0.2) is 4.79 Å². The van der Waals surface area contributed by atoms with Crippen molar-refractivity contribution in [3.8, 4) is 6.07 Å². The highest BCUT2D eigenvalue weighted by atomic mass is 16.5. The highest BCUT2D eigenvalue weighted by Crippen LogP contribution is 2.19. The summed E-state index contributed by atoms with van der Waals surface area (Å²) in [7, 11) is 1.30. The van der Waals surface area contributed by atoms with Crippen LogP contribution in [0.25, 0.3) is 11.1 Å². The molecule has 0 unspecified atom stereocenters. The normalized spacial score (nSPS) is 10.0. The molecule has 5 heteroatoms. The number of carbonyl (C=O) groups is 1. The van der Waals surface area contributed by atoms with Crippen LogP contribution in [-0.4, -0.2) is 18.1 Å². The van der Waals surface area contributed by atoms with Crippen molar-refractivity contribution in [1.82, 2.24) is 4.98 Å². The zero-order valence-electron chi connectivity index (χ0n) is 7.33. The number of hydrogen-bond donors (Lipinski definition) is 1. The van der Waals surface area contributed by atoms with E-state index in [1.54, 1.807) is 12.1 Å². The minimum Gasteiger partial charge on any atom is -0.464 e. The van der Waals surface area contributed by atoms with Gasteiger partial charge in [0.25, 0.3) is 0 Å². The number of hydrogen-bond acceptors (Lipinski definition) is 4. The third-order valence-electron chi connectivity index (χ3n) is 1.82. The number of carbonyl (C=O) groups excluding carboxylic acids is 1. The average molecular weight is 190 g/mol. The summed E-state index contributed by atoms with van der Waals surface area (Å²) < 4.78 is 9.58. The fourth-order valence-electron chi connectivity index (χ4n) is 1.20. The van der Waals surface area contributed by atoms with Gasteiger partial charge < -0.3 is 14.1 Å². The molecule has 5 nitrogen and oxygen atoms in total. The molecule has 0 spiro atoms. The molecule has 70 valence electrons. The number of H-pyrrole nitrogens is 1. The minimum absolute atomic E-state index is 0.211. The molecule has 1 N–H and O–H groups in total. The van der Waals surface area contributed by atoms with E-state index >= 15 is 0 Å². The number of methoxy groups -OCH3 is 1. The summed E-state index contributed by atoms with van der Waals surface area (Å²) in [6.07, 6.45) is 0. The quantitative estimate of drug-likeness (QED) is 0.689. The zero-order chi connectivity index (χ0) is 10.1. The Morgan fingerprint density at radius 1 is 1.64 bits per heavy atom. The first-order valence-electron chi connectivity index (χ1n) is 3.85. The van der Waals surface area contributed by atoms with Crippen LogP contribution in [0.4, 0.5) is 0 Å². The molecule has 0 amide bonds. The SMILES string of the molecule is COC(=O)c1cc2cc(C#N)oc2[nH]1. The van der Waals surface area contributed by atoms with E-state index in [1.165, 1.54) is 7.11 Å². The summed E-state index contributed by atoms with van der Waals surface area (Å²) in [5, 5.41) is 9.21. The van der Waals surface area contributed by atoms with Crippen LogP contribution < -0.4 is 0 Å². The monoisotopic (exact) mass is 190 g/mol. The number of rotatable bonds is 1. The molecule has 14 heavy (non-hydrogen) atoms. The molecule has 0 saturated heterocycles. The second kappa shape index (κ2) is 2.92. The lowest BCUT2D eigenvalue weighted by molar-refractivity contribution is 0.0595. The van der Waals surface area contributed by atoms with Gasteiger partial charge in [-0.1, -0.05) is 0 Å². The van der Waals surface area contributed by atoms with Crippen molar-refractivity contribution in [2.45, 2.75) is 0 Å². The Kier molecular flexibility index (Phi) is 1.75. The van der Waals surface area contributed by atoms with Crippen molar-refractivity contribution in [3.63, 3.8) is 0 Å². The Labute approximate surface area is 78.9 Å². The number of aromatic nitrogens is 1. The van der Waals surface area contributed by atoms with Crippen molar-refractivity contribution in [2.75, 3.05) is 7.11 Å². The molecular weight excluding hydrogens is 184 g/mol. The van der Waals surface area contributed by atoms with Gasteiger partial charge >= 0.3 is 5.97 Å². The van der Waals surface area contributed by atoms with E-state index in [4.69, 9.17) is 9.68 Å². The number of nitrogens with zero attached hydrogens (tertiary/aromatic N) is 1. The third-order valence-corrected chi connectivity index (χ3v) is 1.82. The molecule has 2 aromatic rings. The summed E-state index contributed by atoms with van der Waals surface area (Å²) in [6.45, 7) is 0. The molecule has 0 aliphatic heterocycles. The predicted molar refractivity (Wildman–Crippen MR) is 46.6 cm³/mol. The van der Waals surface area contributed by atoms with Gasteiger partial charge in [0.1, 0.15) is 11.8 Å². The smallest absolute Gasteiger partial charge is 0.354 e. The molecular formula is C9H6N2O3. The first kappa shape index (κ1) is 8.38. The largest absolute Gasteiger partial charge is 0.464 e. The van der Waals surface area contributed by atoms with Crippen LogP contribution in [0.2, 0.25) is 0 Å². The molecule has 0 aliphatic rings. The number of nitriles is 1. The van der Waals surface area contributed by atoms with Crippen LogP contribution in [0.5, 0.6) is 0 Å². The van der Waals surface area contributed by atoms with E-state index in [0.29, 0.717) is 16.8 Å².